The minimum Gasteiger partial charge on any atom is -0.494 e. The van der Waals surface area contributed by atoms with Crippen LogP contribution in [-0.2, 0) is 15.8 Å². The maximum absolute atomic E-state index is 13.9. The van der Waals surface area contributed by atoms with E-state index in [0.717, 1.165) is 67.8 Å². The van der Waals surface area contributed by atoms with E-state index in [0.29, 0.717) is 25.9 Å². The molecular formula is C35H46N2O4. The van der Waals surface area contributed by atoms with Crippen molar-refractivity contribution >= 4 is 5.91 Å². The Balaban J connectivity index is 1.40. The van der Waals surface area contributed by atoms with Crippen molar-refractivity contribution in [1.29, 1.82) is 0 Å². The van der Waals surface area contributed by atoms with Gasteiger partial charge in [-0.15, -0.1) is 0 Å². The number of likely N-dealkylation sites (N-methyl/N-ethyl adjacent to an activating group) is 1. The first-order valence-electron chi connectivity index (χ1n) is 15.0. The second-order valence-corrected chi connectivity index (χ2v) is 11.5. The van der Waals surface area contributed by atoms with E-state index in [4.69, 9.17) is 9.84 Å². The van der Waals surface area contributed by atoms with Gasteiger partial charge in [0.2, 0.25) is 5.91 Å². The van der Waals surface area contributed by atoms with E-state index in [9.17, 15) is 9.90 Å². The molecule has 3 aromatic carbocycles. The molecule has 0 radical (unpaired) electrons. The molecule has 6 nitrogen and oxygen atoms in total. The number of hydrogen-bond donors (Lipinski definition) is 2. The molecule has 0 saturated carbocycles. The van der Waals surface area contributed by atoms with E-state index < -0.39 is 11.0 Å². The minimum atomic E-state index is -0.866. The highest BCUT2D eigenvalue weighted by Gasteiger charge is 2.43. The predicted molar refractivity (Wildman–Crippen MR) is 164 cm³/mol. The lowest BCUT2D eigenvalue weighted by Gasteiger charge is -2.41. The van der Waals surface area contributed by atoms with Crippen molar-refractivity contribution in [1.82, 2.24) is 9.80 Å². The molecule has 1 saturated heterocycles. The van der Waals surface area contributed by atoms with Gasteiger partial charge in [-0.25, -0.2) is 0 Å². The van der Waals surface area contributed by atoms with Crippen molar-refractivity contribution in [3.63, 3.8) is 0 Å². The zero-order chi connectivity index (χ0) is 29.1. The van der Waals surface area contributed by atoms with Gasteiger partial charge in [-0.1, -0.05) is 79.2 Å². The van der Waals surface area contributed by atoms with E-state index in [2.05, 4.69) is 29.2 Å². The Labute approximate surface area is 245 Å². The largest absolute Gasteiger partial charge is 0.494 e. The molecule has 0 aliphatic carbocycles. The molecule has 1 amide bonds. The van der Waals surface area contributed by atoms with Gasteiger partial charge >= 0.3 is 0 Å². The maximum atomic E-state index is 13.9. The van der Waals surface area contributed by atoms with E-state index in [1.54, 1.807) is 4.90 Å². The summed E-state index contributed by atoms with van der Waals surface area (Å²) in [5, 5.41) is 20.4. The average Bonchev–Trinajstić information content (AvgIpc) is 3.01. The van der Waals surface area contributed by atoms with E-state index in [1.807, 2.05) is 74.8 Å². The van der Waals surface area contributed by atoms with Gasteiger partial charge in [-0.05, 0) is 73.9 Å². The number of ether oxygens (including phenoxy) is 1. The lowest BCUT2D eigenvalue weighted by Crippen LogP contribution is -2.48. The topological polar surface area (TPSA) is 73.2 Å². The van der Waals surface area contributed by atoms with Crippen LogP contribution in [0.2, 0.25) is 0 Å². The number of unbranched alkanes of at least 4 members (excludes halogenated alkanes) is 3. The van der Waals surface area contributed by atoms with Crippen molar-refractivity contribution in [3.8, 4) is 5.75 Å². The van der Waals surface area contributed by atoms with Crippen LogP contribution >= 0.6 is 0 Å². The van der Waals surface area contributed by atoms with E-state index >= 15 is 0 Å². The zero-order valence-corrected chi connectivity index (χ0v) is 24.7. The molecule has 2 N–H and O–H groups in total. The number of amides is 1. The van der Waals surface area contributed by atoms with Crippen molar-refractivity contribution in [3.05, 3.63) is 102 Å². The van der Waals surface area contributed by atoms with Crippen LogP contribution in [0.3, 0.4) is 0 Å². The number of carbonyl (C=O) groups is 1. The van der Waals surface area contributed by atoms with Crippen LogP contribution in [0.1, 0.15) is 61.6 Å². The number of benzene rings is 3. The number of nitrogens with zero attached hydrogens (tertiary/aromatic N) is 2. The number of aliphatic hydroxyl groups excluding tert-OH is 1. The molecule has 6 heteroatoms. The molecule has 220 valence electrons. The van der Waals surface area contributed by atoms with Gasteiger partial charge in [0.05, 0.1) is 12.2 Å². The fourth-order valence-electron chi connectivity index (χ4n) is 6.02. The number of aliphatic hydroxyl groups is 2. The van der Waals surface area contributed by atoms with Gasteiger partial charge in [0.1, 0.15) is 11.2 Å². The Hall–Kier alpha value is -3.19. The monoisotopic (exact) mass is 558 g/mol. The molecule has 1 aliphatic heterocycles. The highest BCUT2D eigenvalue weighted by Crippen LogP contribution is 2.39. The molecule has 4 rings (SSSR count). The zero-order valence-electron chi connectivity index (χ0n) is 24.7. The van der Waals surface area contributed by atoms with E-state index in [1.165, 1.54) is 0 Å². The quantitative estimate of drug-likeness (QED) is 0.261. The normalized spacial score (nSPS) is 15.4. The van der Waals surface area contributed by atoms with Gasteiger partial charge in [0.25, 0.3) is 0 Å². The Morgan fingerprint density at radius 3 is 1.95 bits per heavy atom. The number of hydrogen-bond acceptors (Lipinski definition) is 5. The smallest absolute Gasteiger partial charge is 0.237 e. The molecule has 1 aliphatic rings. The van der Waals surface area contributed by atoms with Gasteiger partial charge < -0.3 is 24.7 Å². The first kappa shape index (κ1) is 30.8. The highest BCUT2D eigenvalue weighted by molar-refractivity contribution is 5.91. The summed E-state index contributed by atoms with van der Waals surface area (Å²) >= 11 is 0. The van der Waals surface area contributed by atoms with Crippen LogP contribution in [0.15, 0.2) is 84.9 Å². The van der Waals surface area contributed by atoms with Gasteiger partial charge in [0.15, 0.2) is 0 Å². The molecule has 0 atom stereocenters. The van der Waals surface area contributed by atoms with Gasteiger partial charge in [0, 0.05) is 33.8 Å². The molecular weight excluding hydrogens is 512 g/mol. The molecule has 1 heterocycles. The second-order valence-electron chi connectivity index (χ2n) is 11.5. The average molecular weight is 559 g/mol. The highest BCUT2D eigenvalue weighted by atomic mass is 16.5. The van der Waals surface area contributed by atoms with Crippen LogP contribution in [0.25, 0.3) is 0 Å². The number of carbonyl (C=O) groups excluding carboxylic acids is 1. The van der Waals surface area contributed by atoms with Crippen molar-refractivity contribution in [2.24, 2.45) is 0 Å². The first-order valence-corrected chi connectivity index (χ1v) is 15.0. The second kappa shape index (κ2) is 14.6. The molecule has 0 aromatic heterocycles. The minimum absolute atomic E-state index is 0.0795. The summed E-state index contributed by atoms with van der Waals surface area (Å²) in [5.41, 5.74) is 1.29. The molecule has 41 heavy (non-hydrogen) atoms. The lowest BCUT2D eigenvalue weighted by atomic mass is 9.70. The number of piperidine rings is 1. The molecule has 0 bridgehead atoms. The van der Waals surface area contributed by atoms with Crippen LogP contribution in [0.5, 0.6) is 5.75 Å². The van der Waals surface area contributed by atoms with Gasteiger partial charge in [-0.2, -0.15) is 0 Å². The number of rotatable bonds is 14. The molecule has 0 unspecified atom stereocenters. The molecule has 3 aromatic rings. The maximum Gasteiger partial charge on any atom is 0.237 e. The Morgan fingerprint density at radius 2 is 1.41 bits per heavy atom. The van der Waals surface area contributed by atoms with Crippen LogP contribution in [0.4, 0.5) is 0 Å². The number of likely N-dealkylation sites (tertiary alicyclic amines) is 1. The molecule has 0 spiro atoms. The summed E-state index contributed by atoms with van der Waals surface area (Å²) in [6.45, 7) is 3.19. The summed E-state index contributed by atoms with van der Waals surface area (Å²) in [4.78, 5) is 18.0. The third kappa shape index (κ3) is 7.56. The summed E-state index contributed by atoms with van der Waals surface area (Å²) in [6.07, 6.45) is 5.83. The SMILES string of the molecule is CN(C)C(=O)C(CCN1CCC(O)(c2ccc(OCCCCCCO)cc2)CC1)(c1ccccc1)c1ccccc1. The standard InChI is InChI=1S/C35H46N2O4/c1-36(2)33(39)35(30-13-7-5-8-14-30,31-15-9-6-10-16-31)23-26-37-24-21-34(40,22-25-37)29-17-19-32(20-18-29)41-28-12-4-3-11-27-38/h5-10,13-20,38,40H,3-4,11-12,21-28H2,1-2H3. The third-order valence-corrected chi connectivity index (χ3v) is 8.50. The summed E-state index contributed by atoms with van der Waals surface area (Å²) in [6, 6.07) is 28.1. The Bertz CT molecular complexity index is 1150. The fraction of sp³-hybridized carbons (Fsp3) is 0.457. The van der Waals surface area contributed by atoms with Crippen LogP contribution in [-0.4, -0.2) is 72.9 Å². The van der Waals surface area contributed by atoms with E-state index in [-0.39, 0.29) is 12.5 Å². The summed E-state index contributed by atoms with van der Waals surface area (Å²) in [7, 11) is 3.67. The Morgan fingerprint density at radius 1 is 0.854 bits per heavy atom. The molecule has 1 fully saturated rings. The van der Waals surface area contributed by atoms with Crippen LogP contribution in [0, 0.1) is 0 Å². The lowest BCUT2D eigenvalue weighted by molar-refractivity contribution is -0.133. The fourth-order valence-corrected chi connectivity index (χ4v) is 6.02. The van der Waals surface area contributed by atoms with Crippen LogP contribution < -0.4 is 4.74 Å². The van der Waals surface area contributed by atoms with Crippen molar-refractivity contribution in [2.75, 3.05) is 46.9 Å². The van der Waals surface area contributed by atoms with Gasteiger partial charge in [-0.3, -0.25) is 4.79 Å². The summed E-state index contributed by atoms with van der Waals surface area (Å²) in [5.74, 6) is 0.900. The third-order valence-electron chi connectivity index (χ3n) is 8.50. The summed E-state index contributed by atoms with van der Waals surface area (Å²) < 4.78 is 5.87. The first-order chi connectivity index (χ1) is 19.9. The van der Waals surface area contributed by atoms with Crippen molar-refractivity contribution in [2.45, 2.75) is 56.0 Å². The Kier molecular flexibility index (Phi) is 11.0. The predicted octanol–water partition coefficient (Wildman–Crippen LogP) is 5.37. The van der Waals surface area contributed by atoms with Crippen molar-refractivity contribution < 1.29 is 19.7 Å².